The summed E-state index contributed by atoms with van der Waals surface area (Å²) < 4.78 is 10.3. The highest BCUT2D eigenvalue weighted by Gasteiger charge is 2.15. The fourth-order valence-corrected chi connectivity index (χ4v) is 3.00. The summed E-state index contributed by atoms with van der Waals surface area (Å²) in [6.07, 6.45) is 1.15. The summed E-state index contributed by atoms with van der Waals surface area (Å²) in [4.78, 5) is 11.7. The second-order valence-corrected chi connectivity index (χ2v) is 5.54. The molecule has 3 aromatic rings. The topological polar surface area (TPSA) is 35.5 Å². The van der Waals surface area contributed by atoms with Crippen molar-refractivity contribution >= 4 is 27.7 Å². The van der Waals surface area contributed by atoms with Crippen LogP contribution in [0, 0.1) is 0 Å². The van der Waals surface area contributed by atoms with Crippen molar-refractivity contribution in [3.8, 4) is 5.75 Å². The lowest BCUT2D eigenvalue weighted by Gasteiger charge is -2.14. The Morgan fingerprint density at radius 2 is 1.83 bits per heavy atom. The monoisotopic (exact) mass is 308 g/mol. The normalized spacial score (nSPS) is 10.9. The summed E-state index contributed by atoms with van der Waals surface area (Å²) in [7, 11) is 1.32. The van der Waals surface area contributed by atoms with E-state index >= 15 is 0 Å². The average Bonchev–Trinajstić information content (AvgIpc) is 2.59. The highest BCUT2D eigenvalue weighted by Crippen LogP contribution is 2.38. The van der Waals surface area contributed by atoms with Gasteiger partial charge >= 0.3 is 6.16 Å². The maximum absolute atomic E-state index is 11.7. The number of rotatable bonds is 3. The molecule has 0 unspecified atom stereocenters. The maximum Gasteiger partial charge on any atom is 0.513 e. The Bertz CT molecular complexity index is 880. The number of hydrogen-bond donors (Lipinski definition) is 0. The van der Waals surface area contributed by atoms with Crippen molar-refractivity contribution in [3.05, 3.63) is 53.6 Å². The number of carbonyl (C=O) groups is 1. The Morgan fingerprint density at radius 1 is 1.00 bits per heavy atom. The van der Waals surface area contributed by atoms with Crippen LogP contribution in [0.25, 0.3) is 21.5 Å². The van der Waals surface area contributed by atoms with Crippen molar-refractivity contribution in [1.29, 1.82) is 0 Å². The predicted molar refractivity (Wildman–Crippen MR) is 93.2 cm³/mol. The van der Waals surface area contributed by atoms with E-state index in [1.54, 1.807) is 0 Å². The fraction of sp³-hybridized carbons (Fsp3) is 0.250. The van der Waals surface area contributed by atoms with Gasteiger partial charge in [-0.05, 0) is 40.8 Å². The first-order valence-electron chi connectivity index (χ1n) is 7.91. The molecule has 0 radical (unpaired) electrons. The molecule has 3 rings (SSSR count). The second-order valence-electron chi connectivity index (χ2n) is 5.54. The molecule has 3 aromatic carbocycles. The molecule has 118 valence electrons. The summed E-state index contributed by atoms with van der Waals surface area (Å²) in [5.74, 6) is 0.587. The standard InChI is InChI=1S/C20H20O3/c1-4-13-9-10-17-16(11-13)12-15-8-6-7-14(5-2)18(15)19(17)23-20(21)22-3/h6-12H,4-5H2,1-3H3. The summed E-state index contributed by atoms with van der Waals surface area (Å²) in [5.41, 5.74) is 2.41. The molecule has 0 aliphatic carbocycles. The van der Waals surface area contributed by atoms with Crippen molar-refractivity contribution in [2.45, 2.75) is 26.7 Å². The fourth-order valence-electron chi connectivity index (χ4n) is 3.00. The molecule has 3 heteroatoms. The molecule has 3 nitrogen and oxygen atoms in total. The Kier molecular flexibility index (Phi) is 4.20. The molecule has 0 saturated heterocycles. The maximum atomic E-state index is 11.7. The van der Waals surface area contributed by atoms with Crippen LogP contribution in [0.2, 0.25) is 0 Å². The number of hydrogen-bond acceptors (Lipinski definition) is 3. The molecule has 0 saturated carbocycles. The van der Waals surface area contributed by atoms with Gasteiger partial charge in [0.15, 0.2) is 0 Å². The molecular weight excluding hydrogens is 288 g/mol. The van der Waals surface area contributed by atoms with Crippen LogP contribution in [-0.4, -0.2) is 13.3 Å². The third-order valence-corrected chi connectivity index (χ3v) is 4.22. The van der Waals surface area contributed by atoms with Crippen LogP contribution in [0.5, 0.6) is 5.75 Å². The first-order chi connectivity index (χ1) is 11.2. The summed E-state index contributed by atoms with van der Waals surface area (Å²) in [5, 5.41) is 4.06. The lowest BCUT2D eigenvalue weighted by molar-refractivity contribution is 0.122. The van der Waals surface area contributed by atoms with Crippen LogP contribution in [0.4, 0.5) is 4.79 Å². The number of carbonyl (C=O) groups excluding carboxylic acids is 1. The van der Waals surface area contributed by atoms with Gasteiger partial charge in [0.2, 0.25) is 0 Å². The second kappa shape index (κ2) is 6.29. The van der Waals surface area contributed by atoms with Gasteiger partial charge in [-0.1, -0.05) is 50.2 Å². The highest BCUT2D eigenvalue weighted by molar-refractivity contribution is 6.07. The van der Waals surface area contributed by atoms with Crippen molar-refractivity contribution in [2.24, 2.45) is 0 Å². The third kappa shape index (κ3) is 2.74. The van der Waals surface area contributed by atoms with Crippen molar-refractivity contribution in [1.82, 2.24) is 0 Å². The zero-order chi connectivity index (χ0) is 16.4. The van der Waals surface area contributed by atoms with E-state index in [2.05, 4.69) is 44.2 Å². The van der Waals surface area contributed by atoms with Gasteiger partial charge in [0.25, 0.3) is 0 Å². The van der Waals surface area contributed by atoms with E-state index in [-0.39, 0.29) is 0 Å². The Hall–Kier alpha value is -2.55. The molecule has 0 spiro atoms. The molecule has 0 aliphatic heterocycles. The van der Waals surface area contributed by atoms with Gasteiger partial charge in [-0.2, -0.15) is 0 Å². The predicted octanol–water partition coefficient (Wildman–Crippen LogP) is 5.26. The van der Waals surface area contributed by atoms with Crippen molar-refractivity contribution < 1.29 is 14.3 Å². The van der Waals surface area contributed by atoms with Crippen LogP contribution in [0.3, 0.4) is 0 Å². The van der Waals surface area contributed by atoms with E-state index in [9.17, 15) is 4.79 Å². The third-order valence-electron chi connectivity index (χ3n) is 4.22. The van der Waals surface area contributed by atoms with E-state index in [0.717, 1.165) is 39.9 Å². The molecule has 0 aromatic heterocycles. The van der Waals surface area contributed by atoms with Crippen LogP contribution in [0.1, 0.15) is 25.0 Å². The number of methoxy groups -OCH3 is 1. The Balaban J connectivity index is 2.39. The molecule has 0 bridgehead atoms. The average molecular weight is 308 g/mol. The van der Waals surface area contributed by atoms with E-state index in [4.69, 9.17) is 9.47 Å². The SMILES string of the molecule is CCc1ccc2c(OC(=O)OC)c3c(CC)cccc3cc2c1. The minimum atomic E-state index is -0.690. The van der Waals surface area contributed by atoms with Gasteiger partial charge in [0, 0.05) is 10.8 Å². The zero-order valence-corrected chi connectivity index (χ0v) is 13.7. The number of fused-ring (bicyclic) bond motifs is 2. The number of ether oxygens (including phenoxy) is 2. The zero-order valence-electron chi connectivity index (χ0n) is 13.7. The van der Waals surface area contributed by atoms with Crippen molar-refractivity contribution in [3.63, 3.8) is 0 Å². The number of aryl methyl sites for hydroxylation is 2. The van der Waals surface area contributed by atoms with Crippen LogP contribution >= 0.6 is 0 Å². The van der Waals surface area contributed by atoms with E-state index in [0.29, 0.717) is 5.75 Å². The summed E-state index contributed by atoms with van der Waals surface area (Å²) in [6, 6.07) is 14.6. The molecule has 0 atom stereocenters. The number of benzene rings is 3. The van der Waals surface area contributed by atoms with Gasteiger partial charge in [0.05, 0.1) is 7.11 Å². The molecule has 0 fully saturated rings. The van der Waals surface area contributed by atoms with Gasteiger partial charge < -0.3 is 9.47 Å². The Labute approximate surface area is 135 Å². The molecule has 0 N–H and O–H groups in total. The minimum absolute atomic E-state index is 0.587. The lowest BCUT2D eigenvalue weighted by atomic mass is 9.96. The largest absolute Gasteiger partial charge is 0.513 e. The molecule has 0 heterocycles. The van der Waals surface area contributed by atoms with Gasteiger partial charge in [-0.15, -0.1) is 0 Å². The van der Waals surface area contributed by atoms with Gasteiger partial charge in [-0.25, -0.2) is 4.79 Å². The van der Waals surface area contributed by atoms with E-state index in [1.165, 1.54) is 12.7 Å². The lowest BCUT2D eigenvalue weighted by Crippen LogP contribution is -2.08. The molecule has 0 amide bonds. The Morgan fingerprint density at radius 3 is 2.52 bits per heavy atom. The van der Waals surface area contributed by atoms with Crippen LogP contribution in [0.15, 0.2) is 42.5 Å². The molecule has 0 aliphatic rings. The van der Waals surface area contributed by atoms with Crippen LogP contribution < -0.4 is 4.74 Å². The smallest absolute Gasteiger partial charge is 0.437 e. The van der Waals surface area contributed by atoms with E-state index in [1.807, 2.05) is 12.1 Å². The highest BCUT2D eigenvalue weighted by atomic mass is 16.7. The first kappa shape index (κ1) is 15.3. The van der Waals surface area contributed by atoms with Crippen LogP contribution in [-0.2, 0) is 17.6 Å². The summed E-state index contributed by atoms with van der Waals surface area (Å²) >= 11 is 0. The molecule has 23 heavy (non-hydrogen) atoms. The first-order valence-corrected chi connectivity index (χ1v) is 7.91. The van der Waals surface area contributed by atoms with Crippen molar-refractivity contribution in [2.75, 3.05) is 7.11 Å². The minimum Gasteiger partial charge on any atom is -0.437 e. The van der Waals surface area contributed by atoms with Gasteiger partial charge in [-0.3, -0.25) is 0 Å². The summed E-state index contributed by atoms with van der Waals surface area (Å²) in [6.45, 7) is 4.23. The van der Waals surface area contributed by atoms with Gasteiger partial charge in [0.1, 0.15) is 5.75 Å². The molecular formula is C20H20O3. The van der Waals surface area contributed by atoms with E-state index < -0.39 is 6.16 Å². The quantitative estimate of drug-likeness (QED) is 0.376.